The van der Waals surface area contributed by atoms with Gasteiger partial charge in [0.15, 0.2) is 0 Å². The van der Waals surface area contributed by atoms with E-state index in [1.54, 1.807) is 0 Å². The molecule has 4 rings (SSSR count). The van der Waals surface area contributed by atoms with Crippen molar-refractivity contribution < 1.29 is 9.53 Å². The summed E-state index contributed by atoms with van der Waals surface area (Å²) in [5, 5.41) is 3.30. The molecule has 4 aliphatic rings. The van der Waals surface area contributed by atoms with Gasteiger partial charge in [-0.3, -0.25) is 4.79 Å². The van der Waals surface area contributed by atoms with E-state index in [-0.39, 0.29) is 6.04 Å². The Bertz CT molecular complexity index is 290. The zero-order valence-corrected chi connectivity index (χ0v) is 10.5. The molecule has 0 aromatic carbocycles. The molecule has 2 bridgehead atoms. The van der Waals surface area contributed by atoms with Gasteiger partial charge in [0.05, 0.1) is 12.1 Å². The molecule has 3 atom stereocenters. The molecule has 1 aliphatic carbocycles. The number of carbonyl (C=O) groups is 1. The van der Waals surface area contributed by atoms with Crippen LogP contribution in [-0.2, 0) is 9.53 Å². The van der Waals surface area contributed by atoms with Crippen molar-refractivity contribution in [1.29, 1.82) is 0 Å². The second kappa shape index (κ2) is 4.58. The summed E-state index contributed by atoms with van der Waals surface area (Å²) in [6.07, 6.45) is 3.84. The maximum absolute atomic E-state index is 12.3. The highest BCUT2D eigenvalue weighted by Crippen LogP contribution is 2.42. The van der Waals surface area contributed by atoms with Crippen LogP contribution in [-0.4, -0.2) is 49.2 Å². The highest BCUT2D eigenvalue weighted by atomic mass is 16.5. The Labute approximate surface area is 103 Å². The highest BCUT2D eigenvalue weighted by molar-refractivity contribution is 5.82. The molecular weight excluding hydrogens is 216 g/mol. The number of ether oxygens (including phenoxy) is 1. The van der Waals surface area contributed by atoms with Gasteiger partial charge in [0.1, 0.15) is 0 Å². The van der Waals surface area contributed by atoms with Crippen LogP contribution in [0.15, 0.2) is 0 Å². The first-order chi connectivity index (χ1) is 8.29. The Morgan fingerprint density at radius 2 is 2.18 bits per heavy atom. The zero-order valence-electron chi connectivity index (χ0n) is 10.5. The summed E-state index contributed by atoms with van der Waals surface area (Å²) in [5.74, 6) is 1.52. The monoisotopic (exact) mass is 238 g/mol. The molecule has 3 heterocycles. The quantitative estimate of drug-likeness (QED) is 0.784. The summed E-state index contributed by atoms with van der Waals surface area (Å²) in [5.41, 5.74) is 0. The molecular formula is C13H22N2O2. The smallest absolute Gasteiger partial charge is 0.239 e. The second-order valence-corrected chi connectivity index (χ2v) is 5.57. The number of nitrogens with one attached hydrogen (secondary N) is 1. The number of carbonyl (C=O) groups excluding carboxylic acids is 1. The van der Waals surface area contributed by atoms with Crippen molar-refractivity contribution in [2.24, 2.45) is 11.8 Å². The van der Waals surface area contributed by atoms with E-state index in [9.17, 15) is 4.79 Å². The van der Waals surface area contributed by atoms with Crippen molar-refractivity contribution in [2.45, 2.75) is 38.3 Å². The van der Waals surface area contributed by atoms with E-state index in [1.807, 2.05) is 0 Å². The standard InChI is InChI=1S/C13H22N2O2/c1-2-17-12-9-6-10(12)8-15(7-9)13(16)11-4-3-5-14-11/h9-12,14H,2-8H2,1H3/t9-,10-,11+/m0/s1. The Hall–Kier alpha value is -0.610. The van der Waals surface area contributed by atoms with Gasteiger partial charge in [0.2, 0.25) is 5.91 Å². The van der Waals surface area contributed by atoms with Gasteiger partial charge in [-0.1, -0.05) is 0 Å². The lowest BCUT2D eigenvalue weighted by Crippen LogP contribution is -2.62. The molecule has 17 heavy (non-hydrogen) atoms. The average Bonchev–Trinajstić information content (AvgIpc) is 2.89. The molecule has 0 unspecified atom stereocenters. The maximum Gasteiger partial charge on any atom is 0.239 e. The predicted octanol–water partition coefficient (Wildman–Crippen LogP) is 0.622. The third-order valence-corrected chi connectivity index (χ3v) is 4.47. The largest absolute Gasteiger partial charge is 0.378 e. The number of hydrogen-bond acceptors (Lipinski definition) is 3. The van der Waals surface area contributed by atoms with Crippen molar-refractivity contribution in [3.63, 3.8) is 0 Å². The minimum atomic E-state index is 0.0954. The number of fused-ring (bicyclic) bond motifs is 2. The predicted molar refractivity (Wildman–Crippen MR) is 64.6 cm³/mol. The van der Waals surface area contributed by atoms with Gasteiger partial charge in [-0.25, -0.2) is 0 Å². The van der Waals surface area contributed by atoms with Crippen molar-refractivity contribution in [2.75, 3.05) is 26.2 Å². The SMILES string of the molecule is CCOC1[C@H]2C[C@H]1CN(C(=O)[C@H]1CCCN1)C2. The van der Waals surface area contributed by atoms with E-state index in [1.165, 1.54) is 6.42 Å². The Kier molecular flexibility index (Phi) is 3.09. The van der Waals surface area contributed by atoms with Gasteiger partial charge in [-0.15, -0.1) is 0 Å². The van der Waals surface area contributed by atoms with E-state index in [4.69, 9.17) is 4.74 Å². The average molecular weight is 238 g/mol. The molecule has 4 fully saturated rings. The lowest BCUT2D eigenvalue weighted by atomic mass is 9.68. The molecule has 4 nitrogen and oxygen atoms in total. The molecule has 0 aromatic rings. The normalized spacial score (nSPS) is 40.2. The number of hydrogen-bond donors (Lipinski definition) is 1. The lowest BCUT2D eigenvalue weighted by Gasteiger charge is -2.53. The highest BCUT2D eigenvalue weighted by Gasteiger charge is 2.49. The summed E-state index contributed by atoms with van der Waals surface area (Å²) >= 11 is 0. The van der Waals surface area contributed by atoms with Crippen LogP contribution in [0.3, 0.4) is 0 Å². The number of amides is 1. The van der Waals surface area contributed by atoms with Crippen LogP contribution in [0, 0.1) is 11.8 Å². The third kappa shape index (κ3) is 1.97. The van der Waals surface area contributed by atoms with E-state index >= 15 is 0 Å². The molecule has 1 saturated carbocycles. The summed E-state index contributed by atoms with van der Waals surface area (Å²) in [6, 6.07) is 0.0954. The lowest BCUT2D eigenvalue weighted by molar-refractivity contribution is -0.162. The van der Waals surface area contributed by atoms with Crippen molar-refractivity contribution in [3.8, 4) is 0 Å². The first-order valence-corrected chi connectivity index (χ1v) is 6.93. The van der Waals surface area contributed by atoms with Crippen molar-refractivity contribution in [1.82, 2.24) is 10.2 Å². The van der Waals surface area contributed by atoms with Gasteiger partial charge in [0, 0.05) is 31.5 Å². The molecule has 4 heteroatoms. The fourth-order valence-electron chi connectivity index (χ4n) is 3.60. The summed E-state index contributed by atoms with van der Waals surface area (Å²) < 4.78 is 5.74. The Morgan fingerprint density at radius 1 is 1.41 bits per heavy atom. The van der Waals surface area contributed by atoms with Gasteiger partial charge in [0.25, 0.3) is 0 Å². The Morgan fingerprint density at radius 3 is 2.76 bits per heavy atom. The second-order valence-electron chi connectivity index (χ2n) is 5.57. The molecule has 1 amide bonds. The maximum atomic E-state index is 12.3. The summed E-state index contributed by atoms with van der Waals surface area (Å²) in [7, 11) is 0. The summed E-state index contributed by atoms with van der Waals surface area (Å²) in [4.78, 5) is 14.3. The minimum Gasteiger partial charge on any atom is -0.378 e. The number of piperidine rings is 2. The molecule has 3 saturated heterocycles. The van der Waals surface area contributed by atoms with E-state index in [0.29, 0.717) is 23.8 Å². The molecule has 1 N–H and O–H groups in total. The minimum absolute atomic E-state index is 0.0954. The molecule has 0 spiro atoms. The van der Waals surface area contributed by atoms with Gasteiger partial charge >= 0.3 is 0 Å². The topological polar surface area (TPSA) is 41.6 Å². The van der Waals surface area contributed by atoms with Crippen LogP contribution in [0.25, 0.3) is 0 Å². The number of rotatable bonds is 3. The fourth-order valence-corrected chi connectivity index (χ4v) is 3.60. The van der Waals surface area contributed by atoms with Crippen LogP contribution in [0.5, 0.6) is 0 Å². The van der Waals surface area contributed by atoms with Crippen LogP contribution < -0.4 is 5.32 Å². The number of nitrogens with zero attached hydrogens (tertiary/aromatic N) is 1. The summed E-state index contributed by atoms with van der Waals surface area (Å²) in [6.45, 7) is 5.68. The van der Waals surface area contributed by atoms with Crippen molar-refractivity contribution >= 4 is 5.91 Å². The van der Waals surface area contributed by atoms with Crippen LogP contribution in [0.1, 0.15) is 26.2 Å². The van der Waals surface area contributed by atoms with Crippen LogP contribution in [0.4, 0.5) is 0 Å². The van der Waals surface area contributed by atoms with Crippen LogP contribution >= 0.6 is 0 Å². The van der Waals surface area contributed by atoms with E-state index < -0.39 is 0 Å². The Balaban J connectivity index is 1.56. The zero-order chi connectivity index (χ0) is 11.8. The van der Waals surface area contributed by atoms with Crippen LogP contribution in [0.2, 0.25) is 0 Å². The third-order valence-electron chi connectivity index (χ3n) is 4.47. The van der Waals surface area contributed by atoms with E-state index in [0.717, 1.165) is 39.1 Å². The van der Waals surface area contributed by atoms with Crippen molar-refractivity contribution in [3.05, 3.63) is 0 Å². The van der Waals surface area contributed by atoms with Gasteiger partial charge in [-0.05, 0) is 32.7 Å². The fraction of sp³-hybridized carbons (Fsp3) is 0.923. The van der Waals surface area contributed by atoms with Gasteiger partial charge < -0.3 is 15.0 Å². The molecule has 3 aliphatic heterocycles. The molecule has 0 radical (unpaired) electrons. The molecule has 96 valence electrons. The first-order valence-electron chi connectivity index (χ1n) is 6.93. The first kappa shape index (κ1) is 11.5. The van der Waals surface area contributed by atoms with E-state index in [2.05, 4.69) is 17.1 Å². The molecule has 0 aromatic heterocycles. The van der Waals surface area contributed by atoms with Gasteiger partial charge in [-0.2, -0.15) is 0 Å².